The van der Waals surface area contributed by atoms with E-state index in [0.717, 1.165) is 18.4 Å². The first-order valence-corrected chi connectivity index (χ1v) is 9.17. The Bertz CT molecular complexity index is 773. The summed E-state index contributed by atoms with van der Waals surface area (Å²) >= 11 is 11.8. The van der Waals surface area contributed by atoms with Gasteiger partial charge in [-0.05, 0) is 41.6 Å². The third-order valence-corrected chi connectivity index (χ3v) is 5.08. The molecule has 2 fully saturated rings. The molecule has 0 N–H and O–H groups in total. The number of hydrogen-bond acceptors (Lipinski definition) is 6. The van der Waals surface area contributed by atoms with Gasteiger partial charge in [0, 0.05) is 13.1 Å². The molecule has 1 aromatic carbocycles. The molecule has 2 bridgehead atoms. The van der Waals surface area contributed by atoms with Gasteiger partial charge in [-0.3, -0.25) is 0 Å². The van der Waals surface area contributed by atoms with Gasteiger partial charge < -0.3 is 14.5 Å². The number of piperazine rings is 1. The van der Waals surface area contributed by atoms with Gasteiger partial charge >= 0.3 is 6.09 Å². The van der Waals surface area contributed by atoms with Crippen molar-refractivity contribution in [3.8, 4) is 0 Å². The van der Waals surface area contributed by atoms with Crippen LogP contribution in [0.1, 0.15) is 18.4 Å². The summed E-state index contributed by atoms with van der Waals surface area (Å²) in [6, 6.07) is 9.88. The zero-order chi connectivity index (χ0) is 18.1. The first-order chi connectivity index (χ1) is 12.6. The highest BCUT2D eigenvalue weighted by molar-refractivity contribution is 6.31. The van der Waals surface area contributed by atoms with Gasteiger partial charge in [-0.25, -0.2) is 4.79 Å². The monoisotopic (exact) mass is 393 g/mol. The summed E-state index contributed by atoms with van der Waals surface area (Å²) < 4.78 is 5.46. The number of benzene rings is 1. The second-order valence-electron chi connectivity index (χ2n) is 6.41. The van der Waals surface area contributed by atoms with Crippen molar-refractivity contribution in [2.75, 3.05) is 18.0 Å². The molecular weight excluding hydrogens is 377 g/mol. The van der Waals surface area contributed by atoms with E-state index in [1.165, 1.54) is 0 Å². The van der Waals surface area contributed by atoms with E-state index in [9.17, 15) is 4.79 Å². The van der Waals surface area contributed by atoms with Crippen LogP contribution in [0.25, 0.3) is 0 Å². The predicted octanol–water partition coefficient (Wildman–Crippen LogP) is 3.17. The van der Waals surface area contributed by atoms with Crippen molar-refractivity contribution in [1.82, 2.24) is 19.9 Å². The molecule has 0 radical (unpaired) electrons. The highest BCUT2D eigenvalue weighted by Crippen LogP contribution is 2.34. The topological polar surface area (TPSA) is 71.5 Å². The first kappa shape index (κ1) is 17.3. The lowest BCUT2D eigenvalue weighted by Crippen LogP contribution is -2.56. The smallest absolute Gasteiger partial charge is 0.410 e. The molecule has 2 unspecified atom stereocenters. The summed E-state index contributed by atoms with van der Waals surface area (Å²) in [7, 11) is 0. The van der Waals surface area contributed by atoms with Crippen LogP contribution in [-0.2, 0) is 11.3 Å². The number of anilines is 1. The Hall–Kier alpha value is -2.12. The molecule has 26 heavy (non-hydrogen) atoms. The summed E-state index contributed by atoms with van der Waals surface area (Å²) in [6.07, 6.45) is 1.61. The summed E-state index contributed by atoms with van der Waals surface area (Å²) in [5.41, 5.74) is 0.969. The van der Waals surface area contributed by atoms with Gasteiger partial charge in [0.15, 0.2) is 0 Å². The average molecular weight is 394 g/mol. The lowest BCUT2D eigenvalue weighted by Gasteiger charge is -2.40. The van der Waals surface area contributed by atoms with Crippen LogP contribution in [0.15, 0.2) is 30.3 Å². The van der Waals surface area contributed by atoms with Gasteiger partial charge in [-0.15, -0.1) is 0 Å². The molecule has 0 saturated carbocycles. The highest BCUT2D eigenvalue weighted by Gasteiger charge is 2.43. The van der Waals surface area contributed by atoms with Gasteiger partial charge in [0.05, 0.1) is 12.1 Å². The third-order valence-electron chi connectivity index (χ3n) is 4.75. The maximum Gasteiger partial charge on any atom is 0.410 e. The average Bonchev–Trinajstić information content (AvgIpc) is 2.89. The number of carbonyl (C=O) groups excluding carboxylic acids is 1. The minimum atomic E-state index is -0.294. The minimum absolute atomic E-state index is 0.0732. The molecule has 0 spiro atoms. The van der Waals surface area contributed by atoms with E-state index >= 15 is 0 Å². The van der Waals surface area contributed by atoms with Crippen LogP contribution in [0.3, 0.4) is 0 Å². The Balaban J connectivity index is 1.42. The standard InChI is InChI=1S/C17H17Cl2N5O2/c18-14-20-15(19)22-16(21-14)24-12-6-7-13(24)9-23(8-12)17(25)26-10-11-4-2-1-3-5-11/h1-5,12-13H,6-10H2. The normalized spacial score (nSPS) is 21.8. The molecule has 3 heterocycles. The van der Waals surface area contributed by atoms with Gasteiger partial charge in [-0.2, -0.15) is 15.0 Å². The van der Waals surface area contributed by atoms with Crippen LogP contribution in [0.4, 0.5) is 10.7 Å². The summed E-state index contributed by atoms with van der Waals surface area (Å²) in [5.74, 6) is 0.472. The Morgan fingerprint density at radius 3 is 2.27 bits per heavy atom. The number of halogens is 2. The number of ether oxygens (including phenoxy) is 1. The van der Waals surface area contributed by atoms with Crippen LogP contribution in [-0.4, -0.2) is 51.1 Å². The minimum Gasteiger partial charge on any atom is -0.445 e. The molecule has 2 aliphatic heterocycles. The molecule has 1 aromatic heterocycles. The van der Waals surface area contributed by atoms with Crippen LogP contribution in [0.2, 0.25) is 10.6 Å². The van der Waals surface area contributed by atoms with Crippen molar-refractivity contribution < 1.29 is 9.53 Å². The van der Waals surface area contributed by atoms with Gasteiger partial charge in [0.1, 0.15) is 6.61 Å². The maximum absolute atomic E-state index is 12.4. The van der Waals surface area contributed by atoms with Gasteiger partial charge in [0.25, 0.3) is 0 Å². The second-order valence-corrected chi connectivity index (χ2v) is 7.09. The molecule has 2 aromatic rings. The Morgan fingerprint density at radius 1 is 1.04 bits per heavy atom. The van der Waals surface area contributed by atoms with Crippen molar-refractivity contribution in [2.24, 2.45) is 0 Å². The number of hydrogen-bond donors (Lipinski definition) is 0. The third kappa shape index (κ3) is 3.54. The van der Waals surface area contributed by atoms with E-state index in [-0.39, 0.29) is 35.4 Å². The quantitative estimate of drug-likeness (QED) is 0.797. The molecule has 7 nitrogen and oxygen atoms in total. The number of likely N-dealkylation sites (tertiary alicyclic amines) is 1. The van der Waals surface area contributed by atoms with E-state index in [4.69, 9.17) is 27.9 Å². The fraction of sp³-hybridized carbons (Fsp3) is 0.412. The van der Waals surface area contributed by atoms with Crippen molar-refractivity contribution >= 4 is 35.2 Å². The summed E-state index contributed by atoms with van der Waals surface area (Å²) in [6.45, 7) is 1.39. The molecule has 1 amide bonds. The summed E-state index contributed by atoms with van der Waals surface area (Å²) in [4.78, 5) is 28.5. The SMILES string of the molecule is O=C(OCc1ccccc1)N1CC2CCC(C1)N2c1nc(Cl)nc(Cl)n1. The molecule has 0 aliphatic carbocycles. The van der Waals surface area contributed by atoms with E-state index in [0.29, 0.717) is 19.0 Å². The van der Waals surface area contributed by atoms with Crippen molar-refractivity contribution in [1.29, 1.82) is 0 Å². The maximum atomic E-state index is 12.4. The van der Waals surface area contributed by atoms with Crippen LogP contribution in [0, 0.1) is 0 Å². The van der Waals surface area contributed by atoms with Crippen molar-refractivity contribution in [3.05, 3.63) is 46.5 Å². The second kappa shape index (κ2) is 7.25. The van der Waals surface area contributed by atoms with Gasteiger partial charge in [0.2, 0.25) is 16.5 Å². The lowest BCUT2D eigenvalue weighted by molar-refractivity contribution is 0.0879. The molecule has 2 saturated heterocycles. The number of rotatable bonds is 3. The van der Waals surface area contributed by atoms with E-state index in [1.807, 2.05) is 30.3 Å². The highest BCUT2D eigenvalue weighted by atomic mass is 35.5. The fourth-order valence-electron chi connectivity index (χ4n) is 3.62. The Kier molecular flexibility index (Phi) is 4.82. The van der Waals surface area contributed by atoms with Crippen LogP contribution < -0.4 is 4.90 Å². The van der Waals surface area contributed by atoms with E-state index in [1.54, 1.807) is 4.90 Å². The molecule has 9 heteroatoms. The predicted molar refractivity (Wildman–Crippen MR) is 97.3 cm³/mol. The molecule has 4 rings (SSSR count). The first-order valence-electron chi connectivity index (χ1n) is 8.41. The van der Waals surface area contributed by atoms with Crippen molar-refractivity contribution in [3.63, 3.8) is 0 Å². The Morgan fingerprint density at radius 2 is 1.65 bits per heavy atom. The van der Waals surface area contributed by atoms with Crippen LogP contribution >= 0.6 is 23.2 Å². The molecule has 136 valence electrons. The fourth-order valence-corrected chi connectivity index (χ4v) is 3.98. The molecular formula is C17H17Cl2N5O2. The Labute approximate surface area is 160 Å². The van der Waals surface area contributed by atoms with E-state index < -0.39 is 0 Å². The zero-order valence-corrected chi connectivity index (χ0v) is 15.4. The molecule has 2 aliphatic rings. The van der Waals surface area contributed by atoms with Crippen LogP contribution in [0.5, 0.6) is 0 Å². The lowest BCUT2D eigenvalue weighted by atomic mass is 10.2. The zero-order valence-electron chi connectivity index (χ0n) is 13.9. The number of aromatic nitrogens is 3. The molecule has 2 atom stereocenters. The number of fused-ring (bicyclic) bond motifs is 2. The van der Waals surface area contributed by atoms with Crippen molar-refractivity contribution in [2.45, 2.75) is 31.5 Å². The largest absolute Gasteiger partial charge is 0.445 e. The van der Waals surface area contributed by atoms with E-state index in [2.05, 4.69) is 19.9 Å². The number of carbonyl (C=O) groups is 1. The van der Waals surface area contributed by atoms with Gasteiger partial charge in [-0.1, -0.05) is 30.3 Å². The number of nitrogens with zero attached hydrogens (tertiary/aromatic N) is 5. The number of amides is 1. The summed E-state index contributed by atoms with van der Waals surface area (Å²) in [5, 5.41) is 0.146.